The molecule has 0 spiro atoms. The number of aromatic nitrogens is 2. The van der Waals surface area contributed by atoms with Gasteiger partial charge in [-0.05, 0) is 38.3 Å². The van der Waals surface area contributed by atoms with E-state index in [9.17, 15) is 13.2 Å². The summed E-state index contributed by atoms with van der Waals surface area (Å²) in [7, 11) is -3.05. The first-order valence-electron chi connectivity index (χ1n) is 9.49. The lowest BCUT2D eigenvalue weighted by molar-refractivity contribution is 0.0666. The Balaban J connectivity index is 1.58. The van der Waals surface area contributed by atoms with E-state index in [1.807, 2.05) is 36.1 Å². The number of sulfone groups is 1. The topological polar surface area (TPSA) is 84.3 Å². The summed E-state index contributed by atoms with van der Waals surface area (Å²) >= 11 is 6.73. The molecule has 2 fully saturated rings. The summed E-state index contributed by atoms with van der Waals surface area (Å²) in [5.74, 6) is 0.206. The Morgan fingerprint density at radius 1 is 1.18 bits per heavy atom. The minimum absolute atomic E-state index is 0.00601. The van der Waals surface area contributed by atoms with E-state index in [-0.39, 0.29) is 29.5 Å². The summed E-state index contributed by atoms with van der Waals surface area (Å²) in [4.78, 5) is 15.1. The Kier molecular flexibility index (Phi) is 4.00. The van der Waals surface area contributed by atoms with Gasteiger partial charge in [0.05, 0.1) is 34.4 Å². The van der Waals surface area contributed by atoms with E-state index in [2.05, 4.69) is 10.4 Å². The number of halogens is 1. The zero-order chi connectivity index (χ0) is 19.6. The van der Waals surface area contributed by atoms with E-state index >= 15 is 0 Å². The number of nitrogens with zero attached hydrogens (tertiary/aromatic N) is 3. The second kappa shape index (κ2) is 6.22. The van der Waals surface area contributed by atoms with Crippen molar-refractivity contribution in [2.24, 2.45) is 0 Å². The minimum Gasteiger partial charge on any atom is -0.361 e. The summed E-state index contributed by atoms with van der Waals surface area (Å²) in [6.45, 7) is 1.86. The molecule has 1 saturated heterocycles. The van der Waals surface area contributed by atoms with Crippen molar-refractivity contribution in [2.75, 3.05) is 16.8 Å². The monoisotopic (exact) mass is 420 g/mol. The van der Waals surface area contributed by atoms with Gasteiger partial charge in [0, 0.05) is 11.7 Å². The maximum Gasteiger partial charge on any atom is 0.258 e. The van der Waals surface area contributed by atoms with Gasteiger partial charge in [-0.3, -0.25) is 4.79 Å². The largest absolute Gasteiger partial charge is 0.361 e. The van der Waals surface area contributed by atoms with Crippen LogP contribution in [0.15, 0.2) is 24.3 Å². The normalized spacial score (nSPS) is 26.2. The van der Waals surface area contributed by atoms with E-state index in [1.54, 1.807) is 4.68 Å². The van der Waals surface area contributed by atoms with Crippen molar-refractivity contribution in [1.29, 1.82) is 0 Å². The third-order valence-electron chi connectivity index (χ3n) is 5.80. The number of fused-ring (bicyclic) bond motifs is 1. The number of para-hydroxylation sites is 1. The average Bonchev–Trinajstić information content (AvgIpc) is 3.35. The summed E-state index contributed by atoms with van der Waals surface area (Å²) in [6.07, 6.45) is 2.04. The molecule has 1 N–H and O–H groups in total. The number of rotatable bonds is 3. The molecule has 1 aliphatic carbocycles. The second-order valence-corrected chi connectivity index (χ2v) is 10.4. The summed E-state index contributed by atoms with van der Waals surface area (Å²) in [5, 5.41) is 8.45. The van der Waals surface area contributed by atoms with Crippen molar-refractivity contribution in [3.05, 3.63) is 46.2 Å². The van der Waals surface area contributed by atoms with Crippen LogP contribution in [-0.2, 0) is 9.84 Å². The summed E-state index contributed by atoms with van der Waals surface area (Å²) in [5.41, 5.74) is 2.90. The smallest absolute Gasteiger partial charge is 0.258 e. The second-order valence-electron chi connectivity index (χ2n) is 7.83. The van der Waals surface area contributed by atoms with E-state index in [0.29, 0.717) is 22.8 Å². The van der Waals surface area contributed by atoms with Crippen LogP contribution < -0.4 is 5.32 Å². The maximum atomic E-state index is 13.2. The Hall–Kier alpha value is -2.06. The molecule has 1 amide bonds. The molecule has 9 heteroatoms. The van der Waals surface area contributed by atoms with Crippen LogP contribution in [0.1, 0.15) is 53.1 Å². The predicted octanol–water partition coefficient (Wildman–Crippen LogP) is 2.93. The van der Waals surface area contributed by atoms with Crippen molar-refractivity contribution in [3.63, 3.8) is 0 Å². The molecule has 28 heavy (non-hydrogen) atoms. The zero-order valence-electron chi connectivity index (χ0n) is 15.4. The number of hydrogen-bond acceptors (Lipinski definition) is 5. The highest BCUT2D eigenvalue weighted by Crippen LogP contribution is 2.44. The number of nitrogens with one attached hydrogen (secondary N) is 1. The molecule has 2 aliphatic heterocycles. The molecule has 2 atom stereocenters. The van der Waals surface area contributed by atoms with Crippen LogP contribution in [0.4, 0.5) is 5.69 Å². The summed E-state index contributed by atoms with van der Waals surface area (Å²) in [6, 6.07) is 7.40. The SMILES string of the molecule is Cc1nn([C@H]2CCS(=O)(=O)C2)c(Cl)c1[C@@H]1Nc2ccccc2C(=O)N1C1CC1. The Morgan fingerprint density at radius 3 is 2.61 bits per heavy atom. The number of hydrogen-bond donors (Lipinski definition) is 1. The van der Waals surface area contributed by atoms with Crippen LogP contribution in [0, 0.1) is 6.92 Å². The molecule has 3 heterocycles. The molecule has 5 rings (SSSR count). The van der Waals surface area contributed by atoms with Gasteiger partial charge in [0.2, 0.25) is 0 Å². The van der Waals surface area contributed by atoms with Crippen LogP contribution in [0.5, 0.6) is 0 Å². The van der Waals surface area contributed by atoms with Crippen LogP contribution in [-0.4, -0.2) is 46.6 Å². The van der Waals surface area contributed by atoms with Gasteiger partial charge in [0.1, 0.15) is 11.3 Å². The lowest BCUT2D eigenvalue weighted by atomic mass is 10.0. The molecule has 7 nitrogen and oxygen atoms in total. The number of anilines is 1. The molecule has 0 bridgehead atoms. The minimum atomic E-state index is -3.05. The molecular weight excluding hydrogens is 400 g/mol. The maximum absolute atomic E-state index is 13.2. The van der Waals surface area contributed by atoms with E-state index in [0.717, 1.165) is 24.1 Å². The molecule has 1 aromatic carbocycles. The lowest BCUT2D eigenvalue weighted by Gasteiger charge is -2.38. The van der Waals surface area contributed by atoms with Gasteiger partial charge >= 0.3 is 0 Å². The first kappa shape index (κ1) is 18.0. The average molecular weight is 421 g/mol. The highest BCUT2D eigenvalue weighted by molar-refractivity contribution is 7.91. The quantitative estimate of drug-likeness (QED) is 0.825. The third kappa shape index (κ3) is 2.81. The first-order valence-corrected chi connectivity index (χ1v) is 11.7. The molecular formula is C19H21ClN4O3S. The van der Waals surface area contributed by atoms with Gasteiger partial charge in [-0.25, -0.2) is 13.1 Å². The van der Waals surface area contributed by atoms with Gasteiger partial charge in [0.15, 0.2) is 9.84 Å². The van der Waals surface area contributed by atoms with Crippen molar-refractivity contribution in [3.8, 4) is 0 Å². The highest BCUT2D eigenvalue weighted by atomic mass is 35.5. The van der Waals surface area contributed by atoms with E-state index < -0.39 is 16.0 Å². The number of carbonyl (C=O) groups excluding carboxylic acids is 1. The lowest BCUT2D eigenvalue weighted by Crippen LogP contribution is -2.44. The third-order valence-corrected chi connectivity index (χ3v) is 7.93. The van der Waals surface area contributed by atoms with Crippen LogP contribution in [0.3, 0.4) is 0 Å². The number of amides is 1. The summed E-state index contributed by atoms with van der Waals surface area (Å²) < 4.78 is 25.4. The van der Waals surface area contributed by atoms with Crippen molar-refractivity contribution in [2.45, 2.75) is 44.4 Å². The van der Waals surface area contributed by atoms with Crippen LogP contribution in [0.25, 0.3) is 0 Å². The Labute approximate surface area is 168 Å². The van der Waals surface area contributed by atoms with Crippen LogP contribution in [0.2, 0.25) is 5.15 Å². The Bertz CT molecular complexity index is 1080. The van der Waals surface area contributed by atoms with Crippen molar-refractivity contribution in [1.82, 2.24) is 14.7 Å². The standard InChI is InChI=1S/C19H21ClN4O3S/c1-11-16(17(20)24(22-11)13-8-9-28(26,27)10-13)18-21-15-5-3-2-4-14(15)19(25)23(18)12-6-7-12/h2-5,12-13,18,21H,6-10H2,1H3/t13-,18+/m0/s1. The first-order chi connectivity index (χ1) is 13.4. The zero-order valence-corrected chi connectivity index (χ0v) is 17.0. The molecule has 1 saturated carbocycles. The van der Waals surface area contributed by atoms with Gasteiger partial charge in [-0.1, -0.05) is 23.7 Å². The molecule has 0 radical (unpaired) electrons. The van der Waals surface area contributed by atoms with Crippen LogP contribution >= 0.6 is 11.6 Å². The fourth-order valence-electron chi connectivity index (χ4n) is 4.26. The van der Waals surface area contributed by atoms with Gasteiger partial charge in [-0.15, -0.1) is 0 Å². The fourth-order valence-corrected chi connectivity index (χ4v) is 6.37. The predicted molar refractivity (Wildman–Crippen MR) is 106 cm³/mol. The van der Waals surface area contributed by atoms with E-state index in [4.69, 9.17) is 11.6 Å². The van der Waals surface area contributed by atoms with Crippen molar-refractivity contribution < 1.29 is 13.2 Å². The van der Waals surface area contributed by atoms with Gasteiger partial charge in [0.25, 0.3) is 5.91 Å². The molecule has 1 aromatic heterocycles. The van der Waals surface area contributed by atoms with Gasteiger partial charge < -0.3 is 10.2 Å². The fraction of sp³-hybridized carbons (Fsp3) is 0.474. The number of carbonyl (C=O) groups is 1. The highest BCUT2D eigenvalue weighted by Gasteiger charge is 2.44. The molecule has 2 aromatic rings. The number of benzene rings is 1. The molecule has 0 unspecified atom stereocenters. The van der Waals surface area contributed by atoms with E-state index in [1.165, 1.54) is 0 Å². The van der Waals surface area contributed by atoms with Crippen molar-refractivity contribution >= 4 is 33.0 Å². The van der Waals surface area contributed by atoms with Gasteiger partial charge in [-0.2, -0.15) is 5.10 Å². The Morgan fingerprint density at radius 2 is 1.93 bits per heavy atom. The molecule has 148 valence electrons. The number of aryl methyl sites for hydroxylation is 1. The molecule has 3 aliphatic rings.